The summed E-state index contributed by atoms with van der Waals surface area (Å²) >= 11 is 6.00. The van der Waals surface area contributed by atoms with Crippen molar-refractivity contribution in [1.29, 1.82) is 0 Å². The maximum atomic E-state index is 6.05. The van der Waals surface area contributed by atoms with Gasteiger partial charge in [-0.25, -0.2) is 4.68 Å². The zero-order valence-corrected chi connectivity index (χ0v) is 12.8. The van der Waals surface area contributed by atoms with Gasteiger partial charge in [0.2, 0.25) is 0 Å². The molecule has 0 saturated carbocycles. The molecule has 1 aliphatic rings. The first-order chi connectivity index (χ1) is 10.2. The van der Waals surface area contributed by atoms with Crippen molar-refractivity contribution in [3.63, 3.8) is 0 Å². The lowest BCUT2D eigenvalue weighted by Crippen LogP contribution is -2.21. The van der Waals surface area contributed by atoms with Gasteiger partial charge in [0, 0.05) is 11.4 Å². The maximum Gasteiger partial charge on any atom is 0.123 e. The van der Waals surface area contributed by atoms with Crippen molar-refractivity contribution < 1.29 is 4.74 Å². The van der Waals surface area contributed by atoms with Gasteiger partial charge < -0.3 is 10.5 Å². The molecule has 2 atom stereocenters. The molecule has 3 rings (SSSR count). The lowest BCUT2D eigenvalue weighted by Gasteiger charge is -2.10. The average molecular weight is 307 g/mol. The Morgan fingerprint density at radius 3 is 3.19 bits per heavy atom. The predicted molar refractivity (Wildman–Crippen MR) is 81.4 cm³/mol. The molecule has 0 spiro atoms. The van der Waals surface area contributed by atoms with Crippen LogP contribution in [0.4, 0.5) is 0 Å². The van der Waals surface area contributed by atoms with Gasteiger partial charge in [0.15, 0.2) is 0 Å². The number of hydrogen-bond donors (Lipinski definition) is 1. The SMILES string of the molecule is CCCC(N)c1cn(CC2Cc3cc(Cl)ccc3O2)nn1. The summed E-state index contributed by atoms with van der Waals surface area (Å²) < 4.78 is 7.71. The number of benzene rings is 1. The number of rotatable bonds is 5. The molecule has 0 saturated heterocycles. The highest BCUT2D eigenvalue weighted by atomic mass is 35.5. The van der Waals surface area contributed by atoms with E-state index in [0.717, 1.165) is 41.3 Å². The van der Waals surface area contributed by atoms with E-state index in [0.29, 0.717) is 6.54 Å². The van der Waals surface area contributed by atoms with Crippen molar-refractivity contribution in [3.8, 4) is 5.75 Å². The van der Waals surface area contributed by atoms with Gasteiger partial charge in [0.05, 0.1) is 24.5 Å². The highest BCUT2D eigenvalue weighted by Crippen LogP contribution is 2.31. The number of ether oxygens (including phenoxy) is 1. The summed E-state index contributed by atoms with van der Waals surface area (Å²) in [4.78, 5) is 0. The molecule has 6 heteroatoms. The second kappa shape index (κ2) is 6.03. The van der Waals surface area contributed by atoms with Crippen LogP contribution in [-0.2, 0) is 13.0 Å². The van der Waals surface area contributed by atoms with Crippen LogP contribution in [0, 0.1) is 0 Å². The van der Waals surface area contributed by atoms with Gasteiger partial charge in [0.1, 0.15) is 11.9 Å². The molecule has 0 amide bonds. The zero-order chi connectivity index (χ0) is 14.8. The van der Waals surface area contributed by atoms with Gasteiger partial charge in [-0.1, -0.05) is 30.2 Å². The van der Waals surface area contributed by atoms with Crippen LogP contribution in [0.3, 0.4) is 0 Å². The van der Waals surface area contributed by atoms with Crippen molar-refractivity contribution in [3.05, 3.63) is 40.7 Å². The molecule has 0 aliphatic carbocycles. The molecule has 2 aromatic rings. The quantitative estimate of drug-likeness (QED) is 0.922. The van der Waals surface area contributed by atoms with E-state index >= 15 is 0 Å². The molecule has 21 heavy (non-hydrogen) atoms. The van der Waals surface area contributed by atoms with Crippen LogP contribution >= 0.6 is 11.6 Å². The smallest absolute Gasteiger partial charge is 0.123 e. The summed E-state index contributed by atoms with van der Waals surface area (Å²) in [6.07, 6.45) is 4.78. The maximum absolute atomic E-state index is 6.05. The van der Waals surface area contributed by atoms with Gasteiger partial charge in [-0.15, -0.1) is 5.10 Å². The molecule has 2 N–H and O–H groups in total. The average Bonchev–Trinajstić information content (AvgIpc) is 3.05. The Bertz CT molecular complexity index is 628. The van der Waals surface area contributed by atoms with Crippen LogP contribution < -0.4 is 10.5 Å². The summed E-state index contributed by atoms with van der Waals surface area (Å²) in [5.74, 6) is 0.910. The number of halogens is 1. The Kier molecular flexibility index (Phi) is 4.12. The molecule has 1 aromatic carbocycles. The van der Waals surface area contributed by atoms with E-state index in [2.05, 4.69) is 17.2 Å². The van der Waals surface area contributed by atoms with Crippen LogP contribution in [0.1, 0.15) is 37.1 Å². The summed E-state index contributed by atoms with van der Waals surface area (Å²) in [6, 6.07) is 5.69. The molecular weight excluding hydrogens is 288 g/mol. The van der Waals surface area contributed by atoms with Gasteiger partial charge in [0.25, 0.3) is 0 Å². The fraction of sp³-hybridized carbons (Fsp3) is 0.467. The monoisotopic (exact) mass is 306 g/mol. The first kappa shape index (κ1) is 14.4. The summed E-state index contributed by atoms with van der Waals surface area (Å²) in [6.45, 7) is 2.77. The Balaban J connectivity index is 1.64. The van der Waals surface area contributed by atoms with Gasteiger partial charge in [-0.05, 0) is 30.2 Å². The fourth-order valence-electron chi connectivity index (χ4n) is 2.63. The largest absolute Gasteiger partial charge is 0.488 e. The molecule has 5 nitrogen and oxygen atoms in total. The molecule has 0 bridgehead atoms. The van der Waals surface area contributed by atoms with Gasteiger partial charge in [-0.2, -0.15) is 0 Å². The first-order valence-electron chi connectivity index (χ1n) is 7.26. The Morgan fingerprint density at radius 1 is 1.52 bits per heavy atom. The zero-order valence-electron chi connectivity index (χ0n) is 12.0. The number of nitrogens with zero attached hydrogens (tertiary/aromatic N) is 3. The normalized spacial score (nSPS) is 18.3. The second-order valence-corrected chi connectivity index (χ2v) is 5.89. The molecule has 112 valence electrons. The molecule has 0 radical (unpaired) electrons. The standard InChI is InChI=1S/C15H19ClN4O/c1-2-3-13(17)14-9-20(19-18-14)8-12-7-10-6-11(16)4-5-15(10)21-12/h4-6,9,12-13H,2-3,7-8,17H2,1H3. The van der Waals surface area contributed by atoms with Crippen molar-refractivity contribution >= 4 is 11.6 Å². The van der Waals surface area contributed by atoms with Crippen molar-refractivity contribution in [2.24, 2.45) is 5.73 Å². The van der Waals surface area contributed by atoms with E-state index in [1.54, 1.807) is 0 Å². The first-order valence-corrected chi connectivity index (χ1v) is 7.64. The number of hydrogen-bond acceptors (Lipinski definition) is 4. The predicted octanol–water partition coefficient (Wildman–Crippen LogP) is 2.74. The van der Waals surface area contributed by atoms with Gasteiger partial charge >= 0.3 is 0 Å². The molecule has 2 heterocycles. The minimum atomic E-state index is -0.0377. The summed E-state index contributed by atoms with van der Waals surface area (Å²) in [7, 11) is 0. The van der Waals surface area contributed by atoms with Gasteiger partial charge in [-0.3, -0.25) is 0 Å². The fourth-order valence-corrected chi connectivity index (χ4v) is 2.83. The topological polar surface area (TPSA) is 66.0 Å². The van der Waals surface area contributed by atoms with Crippen LogP contribution in [0.5, 0.6) is 5.75 Å². The highest BCUT2D eigenvalue weighted by molar-refractivity contribution is 6.30. The minimum Gasteiger partial charge on any atom is -0.488 e. The minimum absolute atomic E-state index is 0.0377. The summed E-state index contributed by atoms with van der Waals surface area (Å²) in [5.41, 5.74) is 8.04. The van der Waals surface area contributed by atoms with Crippen molar-refractivity contribution in [2.45, 2.75) is 44.9 Å². The lowest BCUT2D eigenvalue weighted by atomic mass is 10.1. The Hall–Kier alpha value is -1.59. The lowest BCUT2D eigenvalue weighted by molar-refractivity contribution is 0.202. The number of aromatic nitrogens is 3. The van der Waals surface area contributed by atoms with E-state index in [1.165, 1.54) is 0 Å². The molecule has 2 unspecified atom stereocenters. The Labute approximate surface area is 129 Å². The summed E-state index contributed by atoms with van der Waals surface area (Å²) in [5, 5.41) is 9.04. The molecular formula is C15H19ClN4O. The molecule has 1 aliphatic heterocycles. The van der Waals surface area contributed by atoms with E-state index < -0.39 is 0 Å². The van der Waals surface area contributed by atoms with E-state index in [4.69, 9.17) is 22.1 Å². The third kappa shape index (κ3) is 3.19. The molecule has 0 fully saturated rings. The van der Waals surface area contributed by atoms with Crippen LogP contribution in [-0.4, -0.2) is 21.1 Å². The van der Waals surface area contributed by atoms with Crippen molar-refractivity contribution in [1.82, 2.24) is 15.0 Å². The third-order valence-corrected chi connectivity index (χ3v) is 3.93. The van der Waals surface area contributed by atoms with E-state index in [9.17, 15) is 0 Å². The molecule has 1 aromatic heterocycles. The van der Waals surface area contributed by atoms with Crippen molar-refractivity contribution in [2.75, 3.05) is 0 Å². The van der Waals surface area contributed by atoms with Crippen LogP contribution in [0.15, 0.2) is 24.4 Å². The Morgan fingerprint density at radius 2 is 2.38 bits per heavy atom. The number of nitrogens with two attached hydrogens (primary N) is 1. The van der Waals surface area contributed by atoms with E-state index in [-0.39, 0.29) is 12.1 Å². The number of fused-ring (bicyclic) bond motifs is 1. The van der Waals surface area contributed by atoms with Crippen LogP contribution in [0.2, 0.25) is 5.02 Å². The third-order valence-electron chi connectivity index (χ3n) is 3.69. The highest BCUT2D eigenvalue weighted by Gasteiger charge is 2.24. The second-order valence-electron chi connectivity index (χ2n) is 5.46. The van der Waals surface area contributed by atoms with Crippen LogP contribution in [0.25, 0.3) is 0 Å². The van der Waals surface area contributed by atoms with E-state index in [1.807, 2.05) is 29.1 Å².